The first-order valence-electron chi connectivity index (χ1n) is 5.87. The fourth-order valence-electron chi connectivity index (χ4n) is 1.77. The van der Waals surface area contributed by atoms with Crippen molar-refractivity contribution in [2.45, 2.75) is 12.4 Å². The number of rotatable bonds is 7. The number of ketones is 1. The van der Waals surface area contributed by atoms with Crippen molar-refractivity contribution in [2.75, 3.05) is 28.4 Å². The first-order chi connectivity index (χ1) is 9.55. The molecule has 0 N–H and O–H groups in total. The molecule has 0 saturated carbocycles. The molecule has 0 aliphatic carbocycles. The molecule has 0 fully saturated rings. The highest BCUT2D eigenvalue weighted by molar-refractivity contribution is 6.14. The normalized spacial score (nSPS) is 11.2. The summed E-state index contributed by atoms with van der Waals surface area (Å²) in [5.74, 6) is -3.62. The maximum absolute atomic E-state index is 12.4. The third-order valence-electron chi connectivity index (χ3n) is 2.86. The summed E-state index contributed by atoms with van der Waals surface area (Å²) in [4.78, 5) is 24.2. The Morgan fingerprint density at radius 2 is 1.55 bits per heavy atom. The minimum absolute atomic E-state index is 0.277. The molecule has 1 aromatic rings. The second-order valence-electron chi connectivity index (χ2n) is 3.98. The summed E-state index contributed by atoms with van der Waals surface area (Å²) in [6, 6.07) is 6.60. The minimum Gasteiger partial charge on any atom is -0.465 e. The van der Waals surface area contributed by atoms with Crippen LogP contribution in [-0.4, -0.2) is 46.0 Å². The summed E-state index contributed by atoms with van der Waals surface area (Å²) in [5, 5.41) is 0. The van der Waals surface area contributed by atoms with Gasteiger partial charge in [-0.1, -0.05) is 24.3 Å². The molecular weight excluding hydrogens is 264 g/mol. The van der Waals surface area contributed by atoms with E-state index in [1.165, 1.54) is 14.2 Å². The lowest BCUT2D eigenvalue weighted by Crippen LogP contribution is -2.50. The van der Waals surface area contributed by atoms with Crippen LogP contribution in [0.1, 0.15) is 15.9 Å². The molecule has 0 aliphatic rings. The van der Waals surface area contributed by atoms with Gasteiger partial charge in [-0.05, 0) is 5.56 Å². The zero-order valence-electron chi connectivity index (χ0n) is 12.0. The average molecular weight is 282 g/mol. The standard InChI is InChI=1S/C14H18O6/c1-17-9-10-5-7-11(8-6-10)12(15)14(19-3,20-4)13(16)18-2/h5-8H,9H2,1-4H3. The van der Waals surface area contributed by atoms with E-state index >= 15 is 0 Å². The van der Waals surface area contributed by atoms with Crippen molar-refractivity contribution in [1.82, 2.24) is 0 Å². The number of hydrogen-bond donors (Lipinski definition) is 0. The van der Waals surface area contributed by atoms with Gasteiger partial charge in [-0.3, -0.25) is 4.79 Å². The van der Waals surface area contributed by atoms with Gasteiger partial charge < -0.3 is 18.9 Å². The summed E-state index contributed by atoms with van der Waals surface area (Å²) >= 11 is 0. The van der Waals surface area contributed by atoms with Crippen molar-refractivity contribution in [2.24, 2.45) is 0 Å². The lowest BCUT2D eigenvalue weighted by molar-refractivity contribution is -0.206. The number of carbonyl (C=O) groups is 2. The van der Waals surface area contributed by atoms with Crippen molar-refractivity contribution < 1.29 is 28.5 Å². The van der Waals surface area contributed by atoms with Gasteiger partial charge in [-0.25, -0.2) is 4.79 Å². The lowest BCUT2D eigenvalue weighted by atomic mass is 10.0. The highest BCUT2D eigenvalue weighted by Crippen LogP contribution is 2.21. The van der Waals surface area contributed by atoms with Crippen molar-refractivity contribution in [1.29, 1.82) is 0 Å². The SMILES string of the molecule is COCc1ccc(C(=O)C(OC)(OC)C(=O)OC)cc1. The van der Waals surface area contributed by atoms with E-state index in [1.54, 1.807) is 31.4 Å². The molecular formula is C14H18O6. The van der Waals surface area contributed by atoms with Gasteiger partial charge in [0.05, 0.1) is 13.7 Å². The molecule has 0 amide bonds. The van der Waals surface area contributed by atoms with Crippen LogP contribution in [0.15, 0.2) is 24.3 Å². The number of hydrogen-bond acceptors (Lipinski definition) is 6. The number of carbonyl (C=O) groups excluding carboxylic acids is 2. The third-order valence-corrected chi connectivity index (χ3v) is 2.86. The molecule has 0 spiro atoms. The molecule has 0 unspecified atom stereocenters. The van der Waals surface area contributed by atoms with E-state index in [9.17, 15) is 9.59 Å². The van der Waals surface area contributed by atoms with Gasteiger partial charge in [0.1, 0.15) is 0 Å². The zero-order chi connectivity index (χ0) is 15.2. The first kappa shape index (κ1) is 16.3. The van der Waals surface area contributed by atoms with Crippen molar-refractivity contribution in [3.8, 4) is 0 Å². The van der Waals surface area contributed by atoms with Gasteiger partial charge in [0.15, 0.2) is 0 Å². The van der Waals surface area contributed by atoms with Crippen molar-refractivity contribution in [3.05, 3.63) is 35.4 Å². The predicted molar refractivity (Wildman–Crippen MR) is 70.3 cm³/mol. The monoisotopic (exact) mass is 282 g/mol. The Bertz CT molecular complexity index is 461. The molecule has 6 nitrogen and oxygen atoms in total. The molecule has 0 aromatic heterocycles. The smallest absolute Gasteiger partial charge is 0.375 e. The largest absolute Gasteiger partial charge is 0.465 e. The average Bonchev–Trinajstić information content (AvgIpc) is 2.49. The van der Waals surface area contributed by atoms with Crippen LogP contribution in [0.25, 0.3) is 0 Å². The molecule has 20 heavy (non-hydrogen) atoms. The van der Waals surface area contributed by atoms with Crippen LogP contribution in [0.5, 0.6) is 0 Å². The van der Waals surface area contributed by atoms with Gasteiger partial charge in [-0.15, -0.1) is 0 Å². The van der Waals surface area contributed by atoms with E-state index in [0.717, 1.165) is 12.7 Å². The minimum atomic E-state index is -2.09. The molecule has 0 atom stereocenters. The lowest BCUT2D eigenvalue weighted by Gasteiger charge is -2.26. The highest BCUT2D eigenvalue weighted by Gasteiger charge is 2.49. The van der Waals surface area contributed by atoms with E-state index in [0.29, 0.717) is 6.61 Å². The van der Waals surface area contributed by atoms with Crippen molar-refractivity contribution in [3.63, 3.8) is 0 Å². The van der Waals surface area contributed by atoms with E-state index in [4.69, 9.17) is 14.2 Å². The maximum Gasteiger partial charge on any atom is 0.375 e. The molecule has 0 aliphatic heterocycles. The van der Waals surface area contributed by atoms with Gasteiger partial charge >= 0.3 is 11.8 Å². The van der Waals surface area contributed by atoms with Crippen LogP contribution >= 0.6 is 0 Å². The van der Waals surface area contributed by atoms with Gasteiger partial charge in [0.25, 0.3) is 0 Å². The Morgan fingerprint density at radius 3 is 1.95 bits per heavy atom. The second kappa shape index (κ2) is 7.14. The summed E-state index contributed by atoms with van der Waals surface area (Å²) in [6.45, 7) is 0.436. The zero-order valence-corrected chi connectivity index (χ0v) is 12.0. The Hall–Kier alpha value is -1.76. The van der Waals surface area contributed by atoms with Gasteiger partial charge in [0.2, 0.25) is 5.78 Å². The third kappa shape index (κ3) is 3.04. The molecule has 0 saturated heterocycles. The van der Waals surface area contributed by atoms with Crippen LogP contribution in [0.2, 0.25) is 0 Å². The van der Waals surface area contributed by atoms with Crippen molar-refractivity contribution >= 4 is 11.8 Å². The van der Waals surface area contributed by atoms with Crippen LogP contribution in [0, 0.1) is 0 Å². The van der Waals surface area contributed by atoms with Crippen LogP contribution < -0.4 is 0 Å². The van der Waals surface area contributed by atoms with E-state index in [-0.39, 0.29) is 5.56 Å². The molecule has 0 bridgehead atoms. The fourth-order valence-corrected chi connectivity index (χ4v) is 1.77. The summed E-state index contributed by atoms with van der Waals surface area (Å²) in [7, 11) is 5.15. The quantitative estimate of drug-likeness (QED) is 0.324. The van der Waals surface area contributed by atoms with E-state index in [1.807, 2.05) is 0 Å². The fraction of sp³-hybridized carbons (Fsp3) is 0.429. The molecule has 1 aromatic carbocycles. The number of ether oxygens (including phenoxy) is 4. The Balaban J connectivity index is 3.09. The molecule has 1 rings (SSSR count). The Kier molecular flexibility index (Phi) is 5.82. The van der Waals surface area contributed by atoms with Gasteiger partial charge in [-0.2, -0.15) is 0 Å². The van der Waals surface area contributed by atoms with Crippen LogP contribution in [0.4, 0.5) is 0 Å². The van der Waals surface area contributed by atoms with Crippen LogP contribution in [-0.2, 0) is 30.3 Å². The molecule has 0 heterocycles. The van der Waals surface area contributed by atoms with Crippen LogP contribution in [0.3, 0.4) is 0 Å². The predicted octanol–water partition coefficient (Wildman–Crippen LogP) is 1.18. The number of esters is 1. The molecule has 0 radical (unpaired) electrons. The number of methoxy groups -OCH3 is 4. The Labute approximate surface area is 117 Å². The molecule has 110 valence electrons. The van der Waals surface area contributed by atoms with E-state index in [2.05, 4.69) is 4.74 Å². The van der Waals surface area contributed by atoms with Gasteiger partial charge in [0, 0.05) is 26.9 Å². The molecule has 6 heteroatoms. The first-order valence-corrected chi connectivity index (χ1v) is 5.87. The topological polar surface area (TPSA) is 71.1 Å². The maximum atomic E-state index is 12.4. The number of benzene rings is 1. The summed E-state index contributed by atoms with van der Waals surface area (Å²) < 4.78 is 19.5. The summed E-state index contributed by atoms with van der Waals surface area (Å²) in [6.07, 6.45) is 0. The Morgan fingerprint density at radius 1 is 1.00 bits per heavy atom. The summed E-state index contributed by atoms with van der Waals surface area (Å²) in [5.41, 5.74) is 1.18. The second-order valence-corrected chi connectivity index (χ2v) is 3.98. The number of Topliss-reactive ketones (excluding diaryl/α,β-unsaturated/α-hetero) is 1. The van der Waals surface area contributed by atoms with E-state index < -0.39 is 17.5 Å². The highest BCUT2D eigenvalue weighted by atomic mass is 16.7.